The average Bonchev–Trinajstić information content (AvgIpc) is 2.91. The zero-order valence-electron chi connectivity index (χ0n) is 10.5. The number of benzene rings is 1. The van der Waals surface area contributed by atoms with Crippen LogP contribution in [-0.2, 0) is 6.54 Å². The van der Waals surface area contributed by atoms with Crippen molar-refractivity contribution < 1.29 is 9.84 Å². The van der Waals surface area contributed by atoms with Crippen LogP contribution in [0.3, 0.4) is 0 Å². The molecule has 1 aromatic carbocycles. The molecule has 0 amide bonds. The van der Waals surface area contributed by atoms with Gasteiger partial charge in [-0.3, -0.25) is 0 Å². The van der Waals surface area contributed by atoms with Gasteiger partial charge in [0.15, 0.2) is 11.5 Å². The molecule has 0 aliphatic rings. The summed E-state index contributed by atoms with van der Waals surface area (Å²) in [4.78, 5) is 1.29. The van der Waals surface area contributed by atoms with Crippen LogP contribution in [0.4, 0.5) is 0 Å². The first-order chi connectivity index (χ1) is 8.72. The minimum atomic E-state index is 0.214. The van der Waals surface area contributed by atoms with E-state index in [-0.39, 0.29) is 11.8 Å². The monoisotopic (exact) mass is 263 g/mol. The molecule has 2 aromatic rings. The van der Waals surface area contributed by atoms with Crippen LogP contribution in [0.25, 0.3) is 0 Å². The Morgan fingerprint density at radius 2 is 2.17 bits per heavy atom. The lowest BCUT2D eigenvalue weighted by atomic mass is 10.1. The largest absolute Gasteiger partial charge is 0.504 e. The molecule has 1 heterocycles. The Balaban J connectivity index is 2.02. The van der Waals surface area contributed by atoms with Gasteiger partial charge >= 0.3 is 0 Å². The number of aromatic hydroxyl groups is 1. The van der Waals surface area contributed by atoms with E-state index in [2.05, 4.69) is 23.7 Å². The van der Waals surface area contributed by atoms with E-state index in [0.717, 1.165) is 5.56 Å². The molecule has 1 unspecified atom stereocenters. The van der Waals surface area contributed by atoms with E-state index < -0.39 is 0 Å². The minimum absolute atomic E-state index is 0.214. The molecule has 3 nitrogen and oxygen atoms in total. The van der Waals surface area contributed by atoms with Crippen molar-refractivity contribution in [2.75, 3.05) is 7.11 Å². The second-order valence-electron chi connectivity index (χ2n) is 4.09. The number of nitrogens with one attached hydrogen (secondary N) is 1. The summed E-state index contributed by atoms with van der Waals surface area (Å²) in [5, 5.41) is 15.4. The van der Waals surface area contributed by atoms with Gasteiger partial charge in [-0.15, -0.1) is 11.3 Å². The highest BCUT2D eigenvalue weighted by atomic mass is 32.1. The topological polar surface area (TPSA) is 41.5 Å². The molecule has 0 fully saturated rings. The molecule has 0 aliphatic carbocycles. The number of hydrogen-bond donors (Lipinski definition) is 2. The Labute approximate surface area is 111 Å². The third kappa shape index (κ3) is 2.83. The number of rotatable bonds is 5. The molecular formula is C14H17NO2S. The van der Waals surface area contributed by atoms with E-state index in [9.17, 15) is 5.11 Å². The SMILES string of the molecule is COc1cccc(CNC(C)c2cccs2)c1O. The number of phenolic OH excluding ortho intramolecular Hbond substituents is 1. The van der Waals surface area contributed by atoms with Crippen molar-refractivity contribution in [2.24, 2.45) is 0 Å². The van der Waals surface area contributed by atoms with Gasteiger partial charge in [0.25, 0.3) is 0 Å². The van der Waals surface area contributed by atoms with Crippen LogP contribution in [0.2, 0.25) is 0 Å². The van der Waals surface area contributed by atoms with Crippen molar-refractivity contribution in [3.05, 3.63) is 46.2 Å². The highest BCUT2D eigenvalue weighted by Crippen LogP contribution is 2.29. The van der Waals surface area contributed by atoms with Crippen LogP contribution in [0.5, 0.6) is 11.5 Å². The molecule has 2 rings (SSSR count). The van der Waals surface area contributed by atoms with Crippen LogP contribution in [0, 0.1) is 0 Å². The summed E-state index contributed by atoms with van der Waals surface area (Å²) in [6.45, 7) is 2.73. The molecule has 0 radical (unpaired) electrons. The van der Waals surface area contributed by atoms with Gasteiger partial charge in [0.1, 0.15) is 0 Å². The molecule has 4 heteroatoms. The minimum Gasteiger partial charge on any atom is -0.504 e. The van der Waals surface area contributed by atoms with Crippen LogP contribution < -0.4 is 10.1 Å². The maximum atomic E-state index is 9.97. The van der Waals surface area contributed by atoms with Crippen LogP contribution in [-0.4, -0.2) is 12.2 Å². The van der Waals surface area contributed by atoms with Crippen LogP contribution >= 0.6 is 11.3 Å². The van der Waals surface area contributed by atoms with E-state index in [1.54, 1.807) is 24.5 Å². The van der Waals surface area contributed by atoms with E-state index in [1.807, 2.05) is 18.2 Å². The maximum absolute atomic E-state index is 9.97. The summed E-state index contributed by atoms with van der Waals surface area (Å²) in [5.41, 5.74) is 0.845. The standard InChI is InChI=1S/C14H17NO2S/c1-10(13-7-4-8-18-13)15-9-11-5-3-6-12(17-2)14(11)16/h3-8,10,15-16H,9H2,1-2H3. The number of para-hydroxylation sites is 1. The molecule has 0 saturated carbocycles. The molecule has 0 bridgehead atoms. The number of methoxy groups -OCH3 is 1. The lowest BCUT2D eigenvalue weighted by Gasteiger charge is -2.14. The molecule has 18 heavy (non-hydrogen) atoms. The van der Waals surface area contributed by atoms with Gasteiger partial charge in [-0.25, -0.2) is 0 Å². The van der Waals surface area contributed by atoms with Gasteiger partial charge in [0.05, 0.1) is 7.11 Å². The Morgan fingerprint density at radius 3 is 2.83 bits per heavy atom. The second-order valence-corrected chi connectivity index (χ2v) is 5.07. The molecular weight excluding hydrogens is 246 g/mol. The molecule has 96 valence electrons. The van der Waals surface area contributed by atoms with Gasteiger partial charge in [0, 0.05) is 23.0 Å². The first-order valence-electron chi connectivity index (χ1n) is 5.84. The fourth-order valence-electron chi connectivity index (χ4n) is 1.78. The van der Waals surface area contributed by atoms with Crippen LogP contribution in [0.1, 0.15) is 23.4 Å². The quantitative estimate of drug-likeness (QED) is 0.869. The van der Waals surface area contributed by atoms with Crippen molar-refractivity contribution in [1.29, 1.82) is 0 Å². The van der Waals surface area contributed by atoms with E-state index in [1.165, 1.54) is 4.88 Å². The van der Waals surface area contributed by atoms with Gasteiger partial charge in [0.2, 0.25) is 0 Å². The number of hydrogen-bond acceptors (Lipinski definition) is 4. The lowest BCUT2D eigenvalue weighted by molar-refractivity contribution is 0.369. The Kier molecular flexibility index (Phi) is 4.23. The van der Waals surface area contributed by atoms with E-state index >= 15 is 0 Å². The summed E-state index contributed by atoms with van der Waals surface area (Å²) in [7, 11) is 1.56. The van der Waals surface area contributed by atoms with Crippen LogP contribution in [0.15, 0.2) is 35.7 Å². The zero-order chi connectivity index (χ0) is 13.0. The highest BCUT2D eigenvalue weighted by molar-refractivity contribution is 7.10. The van der Waals surface area contributed by atoms with Gasteiger partial charge in [-0.2, -0.15) is 0 Å². The number of phenols is 1. The highest BCUT2D eigenvalue weighted by Gasteiger charge is 2.10. The molecule has 1 atom stereocenters. The maximum Gasteiger partial charge on any atom is 0.162 e. The lowest BCUT2D eigenvalue weighted by Crippen LogP contribution is -2.17. The Bertz CT molecular complexity index is 497. The van der Waals surface area contributed by atoms with Crippen molar-refractivity contribution >= 4 is 11.3 Å². The normalized spacial score (nSPS) is 12.3. The summed E-state index contributed by atoms with van der Waals surface area (Å²) in [5.74, 6) is 0.726. The fourth-order valence-corrected chi connectivity index (χ4v) is 2.54. The molecule has 2 N–H and O–H groups in total. The first-order valence-corrected chi connectivity index (χ1v) is 6.72. The van der Waals surface area contributed by atoms with Crippen molar-refractivity contribution in [2.45, 2.75) is 19.5 Å². The zero-order valence-corrected chi connectivity index (χ0v) is 11.3. The summed E-state index contributed by atoms with van der Waals surface area (Å²) in [6.07, 6.45) is 0. The summed E-state index contributed by atoms with van der Waals surface area (Å²) < 4.78 is 5.09. The average molecular weight is 263 g/mol. The molecule has 0 saturated heterocycles. The van der Waals surface area contributed by atoms with Gasteiger partial charge in [-0.1, -0.05) is 18.2 Å². The van der Waals surface area contributed by atoms with Gasteiger partial charge < -0.3 is 15.2 Å². The Morgan fingerprint density at radius 1 is 1.33 bits per heavy atom. The van der Waals surface area contributed by atoms with Gasteiger partial charge in [-0.05, 0) is 24.4 Å². The molecule has 0 spiro atoms. The van der Waals surface area contributed by atoms with Crippen molar-refractivity contribution in [3.63, 3.8) is 0 Å². The predicted octanol–water partition coefficient (Wildman–Crippen LogP) is 3.31. The summed E-state index contributed by atoms with van der Waals surface area (Å²) in [6, 6.07) is 9.95. The Hall–Kier alpha value is -1.52. The first kappa shape index (κ1) is 12.9. The van der Waals surface area contributed by atoms with Crippen molar-refractivity contribution in [3.8, 4) is 11.5 Å². The predicted molar refractivity (Wildman–Crippen MR) is 74.2 cm³/mol. The van der Waals surface area contributed by atoms with Crippen molar-refractivity contribution in [1.82, 2.24) is 5.32 Å². The van der Waals surface area contributed by atoms with E-state index in [4.69, 9.17) is 4.74 Å². The molecule has 1 aromatic heterocycles. The number of ether oxygens (including phenoxy) is 1. The second kappa shape index (κ2) is 5.89. The smallest absolute Gasteiger partial charge is 0.162 e. The third-order valence-electron chi connectivity index (χ3n) is 2.87. The molecule has 0 aliphatic heterocycles. The number of thiophene rings is 1. The van der Waals surface area contributed by atoms with E-state index in [0.29, 0.717) is 12.3 Å². The fraction of sp³-hybridized carbons (Fsp3) is 0.286. The summed E-state index contributed by atoms with van der Waals surface area (Å²) >= 11 is 1.73. The third-order valence-corrected chi connectivity index (χ3v) is 3.93.